The number of methoxy groups -OCH3 is 2. The van der Waals surface area contributed by atoms with Crippen LogP contribution in [0.5, 0.6) is 11.5 Å². The van der Waals surface area contributed by atoms with Crippen LogP contribution in [0.3, 0.4) is 0 Å². The lowest BCUT2D eigenvalue weighted by atomic mass is 9.71. The quantitative estimate of drug-likeness (QED) is 0.620. The Balaban J connectivity index is 1.77. The number of rotatable bonds is 6. The Kier molecular flexibility index (Phi) is 6.72. The molecule has 1 aliphatic heterocycles. The molecular formula is C27H28FNO5. The van der Waals surface area contributed by atoms with Gasteiger partial charge in [0, 0.05) is 29.3 Å². The fraction of sp³-hybridized carbons (Fsp3) is 0.333. The maximum Gasteiger partial charge on any atom is 0.336 e. The maximum absolute atomic E-state index is 13.7. The number of ketones is 1. The minimum Gasteiger partial charge on any atom is -0.493 e. The first-order valence-corrected chi connectivity index (χ1v) is 11.3. The molecule has 2 aliphatic rings. The van der Waals surface area contributed by atoms with E-state index in [4.69, 9.17) is 14.2 Å². The van der Waals surface area contributed by atoms with Gasteiger partial charge in [-0.1, -0.05) is 18.2 Å². The predicted molar refractivity (Wildman–Crippen MR) is 125 cm³/mol. The van der Waals surface area contributed by atoms with Crippen LogP contribution in [0.25, 0.3) is 0 Å². The summed E-state index contributed by atoms with van der Waals surface area (Å²) >= 11 is 0. The van der Waals surface area contributed by atoms with Gasteiger partial charge in [-0.3, -0.25) is 4.79 Å². The molecule has 0 unspecified atom stereocenters. The van der Waals surface area contributed by atoms with Crippen LogP contribution in [0.15, 0.2) is 65.0 Å². The lowest BCUT2D eigenvalue weighted by Gasteiger charge is -2.36. The van der Waals surface area contributed by atoms with E-state index in [1.54, 1.807) is 40.2 Å². The first kappa shape index (κ1) is 23.5. The van der Waals surface area contributed by atoms with Gasteiger partial charge in [-0.15, -0.1) is 0 Å². The highest BCUT2D eigenvalue weighted by atomic mass is 19.1. The number of carbonyl (C=O) groups excluding carboxylic acids is 2. The fourth-order valence-corrected chi connectivity index (χ4v) is 4.85. The van der Waals surface area contributed by atoms with Crippen molar-refractivity contribution >= 4 is 11.8 Å². The second-order valence-electron chi connectivity index (χ2n) is 8.40. The Hall–Kier alpha value is -3.61. The molecule has 34 heavy (non-hydrogen) atoms. The second kappa shape index (κ2) is 9.71. The Bertz CT molecular complexity index is 1180. The molecule has 0 spiro atoms. The molecule has 2 atom stereocenters. The number of dihydropyridines is 1. The molecule has 1 heterocycles. The Morgan fingerprint density at radius 1 is 1.03 bits per heavy atom. The number of hydrogen-bond acceptors (Lipinski definition) is 6. The van der Waals surface area contributed by atoms with Gasteiger partial charge in [0.1, 0.15) is 5.82 Å². The zero-order chi connectivity index (χ0) is 24.4. The van der Waals surface area contributed by atoms with E-state index in [1.165, 1.54) is 12.1 Å². The predicted octanol–water partition coefficient (Wildman–Crippen LogP) is 4.77. The third-order valence-electron chi connectivity index (χ3n) is 6.41. The van der Waals surface area contributed by atoms with Crippen LogP contribution in [0, 0.1) is 5.82 Å². The van der Waals surface area contributed by atoms with E-state index in [2.05, 4.69) is 5.32 Å². The van der Waals surface area contributed by atoms with E-state index in [1.807, 2.05) is 18.2 Å². The van der Waals surface area contributed by atoms with Gasteiger partial charge in [0.2, 0.25) is 0 Å². The third-order valence-corrected chi connectivity index (χ3v) is 6.41. The van der Waals surface area contributed by atoms with Crippen molar-refractivity contribution < 1.29 is 28.2 Å². The molecule has 1 N–H and O–H groups in total. The van der Waals surface area contributed by atoms with Crippen molar-refractivity contribution in [3.8, 4) is 11.5 Å². The van der Waals surface area contributed by atoms with Gasteiger partial charge in [0.25, 0.3) is 0 Å². The smallest absolute Gasteiger partial charge is 0.336 e. The van der Waals surface area contributed by atoms with Gasteiger partial charge in [-0.25, -0.2) is 9.18 Å². The summed E-state index contributed by atoms with van der Waals surface area (Å²) in [5.41, 5.74) is 3.97. The molecule has 0 radical (unpaired) electrons. The zero-order valence-electron chi connectivity index (χ0n) is 19.7. The number of halogens is 1. The van der Waals surface area contributed by atoms with Gasteiger partial charge < -0.3 is 19.5 Å². The molecule has 178 valence electrons. The van der Waals surface area contributed by atoms with Gasteiger partial charge in [-0.2, -0.15) is 0 Å². The number of esters is 1. The number of carbonyl (C=O) groups is 2. The standard InChI is InChI=1S/C27H28FNO5/c1-5-34-27(31)24-15(2)29-20-12-18(17-8-11-22(32-3)23(14-17)33-4)13-21(30)26(20)25(24)16-6-9-19(28)10-7-16/h6-11,14,18,25,29H,5,12-13H2,1-4H3/t18-,25+/m1/s1. The summed E-state index contributed by atoms with van der Waals surface area (Å²) in [7, 11) is 3.16. The summed E-state index contributed by atoms with van der Waals surface area (Å²) in [5, 5.41) is 3.31. The first-order valence-electron chi connectivity index (χ1n) is 11.3. The molecule has 0 aromatic heterocycles. The van der Waals surface area contributed by atoms with Crippen molar-refractivity contribution in [3.05, 3.63) is 81.9 Å². The summed E-state index contributed by atoms with van der Waals surface area (Å²) < 4.78 is 29.7. The van der Waals surface area contributed by atoms with E-state index >= 15 is 0 Å². The molecule has 1 aliphatic carbocycles. The van der Waals surface area contributed by atoms with Crippen LogP contribution in [0.2, 0.25) is 0 Å². The largest absolute Gasteiger partial charge is 0.493 e. The molecule has 4 rings (SSSR count). The number of hydrogen-bond donors (Lipinski definition) is 1. The normalized spacial score (nSPS) is 20.0. The molecule has 0 saturated carbocycles. The summed E-state index contributed by atoms with van der Waals surface area (Å²) in [4.78, 5) is 26.5. The Morgan fingerprint density at radius 3 is 2.35 bits per heavy atom. The van der Waals surface area contributed by atoms with Crippen LogP contribution < -0.4 is 14.8 Å². The van der Waals surface area contributed by atoms with Gasteiger partial charge in [0.05, 0.1) is 26.4 Å². The summed E-state index contributed by atoms with van der Waals surface area (Å²) in [6.07, 6.45) is 0.866. The van der Waals surface area contributed by atoms with Crippen LogP contribution in [0.4, 0.5) is 4.39 Å². The van der Waals surface area contributed by atoms with Crippen LogP contribution in [-0.2, 0) is 14.3 Å². The van der Waals surface area contributed by atoms with Gasteiger partial charge in [0.15, 0.2) is 17.3 Å². The molecule has 0 amide bonds. The minimum absolute atomic E-state index is 0.0582. The van der Waals surface area contributed by atoms with Crippen LogP contribution in [-0.4, -0.2) is 32.6 Å². The molecule has 7 heteroatoms. The molecule has 0 fully saturated rings. The summed E-state index contributed by atoms with van der Waals surface area (Å²) in [6.45, 7) is 3.76. The first-order chi connectivity index (χ1) is 16.4. The topological polar surface area (TPSA) is 73.9 Å². The molecule has 6 nitrogen and oxygen atoms in total. The van der Waals surface area contributed by atoms with Gasteiger partial charge in [-0.05, 0) is 61.6 Å². The van der Waals surface area contributed by atoms with Crippen molar-refractivity contribution in [3.63, 3.8) is 0 Å². The molecule has 2 aromatic rings. The zero-order valence-corrected chi connectivity index (χ0v) is 19.7. The monoisotopic (exact) mass is 465 g/mol. The highest BCUT2D eigenvalue weighted by molar-refractivity contribution is 6.04. The van der Waals surface area contributed by atoms with Crippen molar-refractivity contribution in [1.29, 1.82) is 0 Å². The average Bonchev–Trinajstić information content (AvgIpc) is 2.83. The van der Waals surface area contributed by atoms with E-state index in [0.717, 1.165) is 11.3 Å². The average molecular weight is 466 g/mol. The molecular weight excluding hydrogens is 437 g/mol. The highest BCUT2D eigenvalue weighted by Gasteiger charge is 2.41. The van der Waals surface area contributed by atoms with E-state index < -0.39 is 11.9 Å². The maximum atomic E-state index is 13.7. The number of Topliss-reactive ketones (excluding diaryl/α,β-unsaturated/α-hetero) is 1. The van der Waals surface area contributed by atoms with Gasteiger partial charge >= 0.3 is 5.97 Å². The van der Waals surface area contributed by atoms with E-state index in [-0.39, 0.29) is 30.5 Å². The number of nitrogens with one attached hydrogen (secondary N) is 1. The lowest BCUT2D eigenvalue weighted by molar-refractivity contribution is -0.138. The van der Waals surface area contributed by atoms with Crippen LogP contribution in [0.1, 0.15) is 49.7 Å². The van der Waals surface area contributed by atoms with Crippen molar-refractivity contribution in [1.82, 2.24) is 5.32 Å². The van der Waals surface area contributed by atoms with Crippen molar-refractivity contribution in [2.24, 2.45) is 0 Å². The second-order valence-corrected chi connectivity index (χ2v) is 8.40. The number of ether oxygens (including phenoxy) is 3. The molecule has 0 bridgehead atoms. The fourth-order valence-electron chi connectivity index (χ4n) is 4.85. The third kappa shape index (κ3) is 4.30. The van der Waals surface area contributed by atoms with Crippen molar-refractivity contribution in [2.45, 2.75) is 38.5 Å². The SMILES string of the molecule is CCOC(=O)C1=C(C)NC2=C(C(=O)C[C@H](c3ccc(OC)c(OC)c3)C2)[C@H]1c1ccc(F)cc1. The Morgan fingerprint density at radius 2 is 1.71 bits per heavy atom. The van der Waals surface area contributed by atoms with Crippen molar-refractivity contribution in [2.75, 3.05) is 20.8 Å². The van der Waals surface area contributed by atoms with Crippen LogP contribution >= 0.6 is 0 Å². The number of allylic oxidation sites excluding steroid dienone is 3. The molecule has 0 saturated heterocycles. The minimum atomic E-state index is -0.616. The van der Waals surface area contributed by atoms with E-state index in [0.29, 0.717) is 40.3 Å². The Labute approximate surface area is 198 Å². The molecule has 2 aromatic carbocycles. The lowest BCUT2D eigenvalue weighted by Crippen LogP contribution is -2.36. The summed E-state index contributed by atoms with van der Waals surface area (Å²) in [5.74, 6) is -0.375. The van der Waals surface area contributed by atoms with E-state index in [9.17, 15) is 14.0 Å². The highest BCUT2D eigenvalue weighted by Crippen LogP contribution is 2.46. The number of benzene rings is 2. The summed E-state index contributed by atoms with van der Waals surface area (Å²) in [6, 6.07) is 11.6.